The van der Waals surface area contributed by atoms with Gasteiger partial charge in [0.1, 0.15) is 17.2 Å². The molecule has 162 valence electrons. The molecule has 1 amide bonds. The number of aryl methyl sites for hydroxylation is 1. The summed E-state index contributed by atoms with van der Waals surface area (Å²) in [5.41, 5.74) is 2.38. The number of nitrogens with zero attached hydrogens (tertiary/aromatic N) is 2. The molecule has 0 aliphatic carbocycles. The van der Waals surface area contributed by atoms with E-state index in [1.165, 1.54) is 4.88 Å². The minimum atomic E-state index is -0.892. The van der Waals surface area contributed by atoms with Gasteiger partial charge in [-0.25, -0.2) is 4.98 Å². The van der Waals surface area contributed by atoms with Crippen molar-refractivity contribution in [3.8, 4) is 0 Å². The van der Waals surface area contributed by atoms with Crippen LogP contribution in [-0.4, -0.2) is 52.0 Å². The average Bonchev–Trinajstić information content (AvgIpc) is 3.44. The fourth-order valence-electron chi connectivity index (χ4n) is 4.04. The van der Waals surface area contributed by atoms with E-state index in [2.05, 4.69) is 21.7 Å². The molecule has 0 spiro atoms. The van der Waals surface area contributed by atoms with Gasteiger partial charge in [-0.3, -0.25) is 15.1 Å². The Labute approximate surface area is 184 Å². The van der Waals surface area contributed by atoms with Crippen molar-refractivity contribution < 1.29 is 9.90 Å². The van der Waals surface area contributed by atoms with E-state index in [-0.39, 0.29) is 19.1 Å². The van der Waals surface area contributed by atoms with E-state index in [4.69, 9.17) is 10.4 Å². The summed E-state index contributed by atoms with van der Waals surface area (Å²) in [5.74, 6) is 0.790. The van der Waals surface area contributed by atoms with Crippen LogP contribution < -0.4 is 10.6 Å². The summed E-state index contributed by atoms with van der Waals surface area (Å²) in [5, 5.41) is 26.0. The highest BCUT2D eigenvalue weighted by Crippen LogP contribution is 2.36. The molecule has 1 atom stereocenters. The smallest absolute Gasteiger partial charge is 0.226 e. The molecule has 0 unspecified atom stereocenters. The van der Waals surface area contributed by atoms with E-state index in [0.717, 1.165) is 28.6 Å². The molecule has 9 heteroatoms. The van der Waals surface area contributed by atoms with Crippen LogP contribution in [0.4, 0.5) is 0 Å². The van der Waals surface area contributed by atoms with Gasteiger partial charge < -0.3 is 20.7 Å². The number of benzene rings is 1. The lowest BCUT2D eigenvalue weighted by molar-refractivity contribution is -0.124. The van der Waals surface area contributed by atoms with Gasteiger partial charge in [0.15, 0.2) is 0 Å². The van der Waals surface area contributed by atoms with Crippen LogP contribution in [0.3, 0.4) is 0 Å². The van der Waals surface area contributed by atoms with E-state index in [1.807, 2.05) is 41.5 Å². The minimum Gasteiger partial charge on any atom is -0.381 e. The van der Waals surface area contributed by atoms with Crippen LogP contribution in [0.5, 0.6) is 0 Å². The monoisotopic (exact) mass is 438 g/mol. The summed E-state index contributed by atoms with van der Waals surface area (Å²) >= 11 is 1.67. The van der Waals surface area contributed by atoms with Crippen molar-refractivity contribution in [1.82, 2.24) is 25.5 Å². The van der Waals surface area contributed by atoms with Crippen molar-refractivity contribution in [1.29, 1.82) is 5.41 Å². The zero-order chi connectivity index (χ0) is 22.0. The molecule has 5 N–H and O–H groups in total. The first kappa shape index (κ1) is 21.2. The number of carbonyl (C=O) groups excluding carboxylic acids is 1. The number of amidine groups is 1. The molecule has 0 saturated heterocycles. The van der Waals surface area contributed by atoms with Gasteiger partial charge in [0, 0.05) is 30.2 Å². The van der Waals surface area contributed by atoms with Crippen LogP contribution >= 0.6 is 11.3 Å². The number of aromatic amines is 1. The molecule has 31 heavy (non-hydrogen) atoms. The summed E-state index contributed by atoms with van der Waals surface area (Å²) in [6.45, 7) is 2.31. The number of rotatable bonds is 7. The lowest BCUT2D eigenvalue weighted by atomic mass is 9.89. The Morgan fingerprint density at radius 2 is 2.29 bits per heavy atom. The highest BCUT2D eigenvalue weighted by Gasteiger charge is 2.42. The maximum absolute atomic E-state index is 12.4. The number of fused-ring (bicyclic) bond motifs is 1. The van der Waals surface area contributed by atoms with Crippen LogP contribution in [0, 0.1) is 12.3 Å². The van der Waals surface area contributed by atoms with E-state index in [1.54, 1.807) is 24.6 Å². The Bertz CT molecular complexity index is 1140. The van der Waals surface area contributed by atoms with Crippen molar-refractivity contribution in [3.63, 3.8) is 0 Å². The van der Waals surface area contributed by atoms with E-state index in [0.29, 0.717) is 18.2 Å². The number of imidazole rings is 1. The molecule has 1 aromatic carbocycles. The molecule has 4 rings (SSSR count). The molecule has 0 fully saturated rings. The largest absolute Gasteiger partial charge is 0.381 e. The van der Waals surface area contributed by atoms with Gasteiger partial charge in [-0.1, -0.05) is 6.07 Å². The molecular formula is C22H26N6O2S. The normalized spacial score (nSPS) is 18.5. The van der Waals surface area contributed by atoms with Gasteiger partial charge >= 0.3 is 0 Å². The lowest BCUT2D eigenvalue weighted by Crippen LogP contribution is -2.51. The van der Waals surface area contributed by atoms with Crippen LogP contribution in [0.25, 0.3) is 11.0 Å². The minimum absolute atomic E-state index is 0.132. The molecular weight excluding hydrogens is 412 g/mol. The first-order valence-electron chi connectivity index (χ1n) is 10.1. The molecule has 0 bridgehead atoms. The number of hydrogen-bond donors (Lipinski definition) is 5. The molecule has 3 heterocycles. The first-order valence-corrected chi connectivity index (χ1v) is 11.0. The second-order valence-corrected chi connectivity index (χ2v) is 8.67. The summed E-state index contributed by atoms with van der Waals surface area (Å²) in [7, 11) is 1.72. The third-order valence-corrected chi connectivity index (χ3v) is 6.64. The van der Waals surface area contributed by atoms with E-state index in [9.17, 15) is 9.90 Å². The maximum atomic E-state index is 12.4. The molecule has 1 aliphatic rings. The van der Waals surface area contributed by atoms with E-state index >= 15 is 0 Å². The number of amides is 1. The fraction of sp³-hybridized carbons (Fsp3) is 0.318. The molecule has 3 aromatic rings. The third-order valence-electron chi connectivity index (χ3n) is 5.70. The van der Waals surface area contributed by atoms with Gasteiger partial charge in [0.25, 0.3) is 0 Å². The van der Waals surface area contributed by atoms with Crippen molar-refractivity contribution in [2.45, 2.75) is 25.3 Å². The van der Waals surface area contributed by atoms with Gasteiger partial charge in [-0.15, -0.1) is 11.3 Å². The zero-order valence-electron chi connectivity index (χ0n) is 17.5. The molecule has 2 aromatic heterocycles. The maximum Gasteiger partial charge on any atom is 0.226 e. The Morgan fingerprint density at radius 1 is 1.45 bits per heavy atom. The Kier molecular flexibility index (Phi) is 5.90. The Hall–Kier alpha value is -3.01. The Balaban J connectivity index is 1.78. The highest BCUT2D eigenvalue weighted by atomic mass is 32.1. The number of carbonyl (C=O) groups is 1. The number of aliphatic hydroxyl groups excluding tert-OH is 1. The van der Waals surface area contributed by atoms with Crippen molar-refractivity contribution in [2.24, 2.45) is 0 Å². The molecule has 1 aliphatic heterocycles. The van der Waals surface area contributed by atoms with Gasteiger partial charge in [-0.2, -0.15) is 0 Å². The highest BCUT2D eigenvalue weighted by molar-refractivity contribution is 7.09. The summed E-state index contributed by atoms with van der Waals surface area (Å²) < 4.78 is 0. The fourth-order valence-corrected chi connectivity index (χ4v) is 4.74. The van der Waals surface area contributed by atoms with Crippen LogP contribution in [0.2, 0.25) is 0 Å². The Morgan fingerprint density at radius 3 is 2.97 bits per heavy atom. The first-order chi connectivity index (χ1) is 15.0. The number of aromatic nitrogens is 2. The van der Waals surface area contributed by atoms with Crippen molar-refractivity contribution in [3.05, 3.63) is 63.7 Å². The van der Waals surface area contributed by atoms with Gasteiger partial charge in [0.2, 0.25) is 5.91 Å². The summed E-state index contributed by atoms with van der Waals surface area (Å²) in [4.78, 5) is 23.8. The average molecular weight is 439 g/mol. The predicted molar refractivity (Wildman–Crippen MR) is 122 cm³/mol. The van der Waals surface area contributed by atoms with Crippen molar-refractivity contribution in [2.75, 3.05) is 20.3 Å². The number of H-pyrrole nitrogens is 1. The van der Waals surface area contributed by atoms with E-state index < -0.39 is 5.54 Å². The number of aliphatic hydroxyl groups is 1. The molecule has 0 saturated carbocycles. The van der Waals surface area contributed by atoms with Gasteiger partial charge in [-0.05, 0) is 48.6 Å². The van der Waals surface area contributed by atoms with Crippen LogP contribution in [0.1, 0.15) is 28.2 Å². The lowest BCUT2D eigenvalue weighted by Gasteiger charge is -2.40. The summed E-state index contributed by atoms with van der Waals surface area (Å²) in [6, 6.07) is 7.88. The van der Waals surface area contributed by atoms with Crippen molar-refractivity contribution >= 4 is 34.1 Å². The quantitative estimate of drug-likeness (QED) is 0.220. The number of thiophene rings is 1. The molecule has 8 nitrogen and oxygen atoms in total. The number of nitrogens with one attached hydrogen (secondary N) is 4. The standard InChI is InChI=1S/C22H26N6O2S/c1-14-10-15(20(23)24-2)11-17-19(14)27-21(26-17)22(6-7-25-18(30)12-22)28(13-29)8-5-16-4-3-9-31-16/h3-4,6-7,9-11,29H,5,8,12-13H2,1-2H3,(H2,23,24)(H,25,30)(H,26,27)/t22-/m1/s1. The zero-order valence-corrected chi connectivity index (χ0v) is 18.3. The van der Waals surface area contributed by atoms with Crippen LogP contribution in [0.15, 0.2) is 41.9 Å². The summed E-state index contributed by atoms with van der Waals surface area (Å²) in [6.07, 6.45) is 4.43. The number of hydrogen-bond acceptors (Lipinski definition) is 6. The predicted octanol–water partition coefficient (Wildman–Crippen LogP) is 2.20. The second-order valence-electron chi connectivity index (χ2n) is 7.64. The third kappa shape index (κ3) is 3.99. The topological polar surface area (TPSA) is 117 Å². The second kappa shape index (κ2) is 8.62. The van der Waals surface area contributed by atoms with Gasteiger partial charge in [0.05, 0.1) is 24.2 Å². The SMILES string of the molecule is CNC(=N)c1cc(C)c2nc([C@@]3(N(CO)CCc4cccs4)C=CNC(=O)C3)[nH]c2c1. The molecule has 0 radical (unpaired) electrons. The van der Waals surface area contributed by atoms with Crippen LogP contribution in [-0.2, 0) is 16.8 Å².